The quantitative estimate of drug-likeness (QED) is 0.921. The van der Waals surface area contributed by atoms with Gasteiger partial charge in [-0.3, -0.25) is 4.79 Å². The second kappa shape index (κ2) is 5.85. The maximum Gasteiger partial charge on any atom is 0.326 e. The maximum atomic E-state index is 12.4. The number of nitrogens with zero attached hydrogens (tertiary/aromatic N) is 1. The molecule has 0 radical (unpaired) electrons. The summed E-state index contributed by atoms with van der Waals surface area (Å²) in [6.07, 6.45) is 2.13. The van der Waals surface area contributed by atoms with E-state index in [0.717, 1.165) is 18.4 Å². The lowest BCUT2D eigenvalue weighted by Crippen LogP contribution is -2.41. The van der Waals surface area contributed by atoms with E-state index in [1.807, 2.05) is 18.2 Å². The minimum atomic E-state index is -0.911. The van der Waals surface area contributed by atoms with Crippen LogP contribution in [0.5, 0.6) is 0 Å². The van der Waals surface area contributed by atoms with Gasteiger partial charge >= 0.3 is 5.97 Å². The van der Waals surface area contributed by atoms with Crippen LogP contribution in [0, 0.1) is 0 Å². The van der Waals surface area contributed by atoms with E-state index in [4.69, 9.17) is 4.74 Å². The van der Waals surface area contributed by atoms with Crippen LogP contribution in [0.15, 0.2) is 24.3 Å². The molecule has 1 amide bonds. The summed E-state index contributed by atoms with van der Waals surface area (Å²) in [5.41, 5.74) is 2.28. The van der Waals surface area contributed by atoms with Crippen LogP contribution in [0.4, 0.5) is 0 Å². The van der Waals surface area contributed by atoms with Crippen molar-refractivity contribution < 1.29 is 19.4 Å². The van der Waals surface area contributed by atoms with Gasteiger partial charge in [-0.25, -0.2) is 4.79 Å². The molecule has 0 aromatic heterocycles. The largest absolute Gasteiger partial charge is 0.480 e. The number of carboxylic acid groups (broad SMARTS) is 1. The smallest absolute Gasteiger partial charge is 0.326 e. The molecule has 5 nitrogen and oxygen atoms in total. The van der Waals surface area contributed by atoms with Crippen LogP contribution < -0.4 is 0 Å². The number of ether oxygens (including phenoxy) is 1. The minimum absolute atomic E-state index is 0.124. The van der Waals surface area contributed by atoms with Gasteiger partial charge in [-0.2, -0.15) is 0 Å². The summed E-state index contributed by atoms with van der Waals surface area (Å²) >= 11 is 0. The molecule has 2 heterocycles. The molecule has 0 aliphatic carbocycles. The monoisotopic (exact) mass is 289 g/mol. The Morgan fingerprint density at radius 3 is 2.95 bits per heavy atom. The van der Waals surface area contributed by atoms with Crippen molar-refractivity contribution in [1.82, 2.24) is 4.90 Å². The Kier molecular flexibility index (Phi) is 3.92. The van der Waals surface area contributed by atoms with Crippen molar-refractivity contribution in [3.05, 3.63) is 35.4 Å². The van der Waals surface area contributed by atoms with E-state index in [1.165, 1.54) is 10.5 Å². The first kappa shape index (κ1) is 14.1. The number of benzene rings is 1. The summed E-state index contributed by atoms with van der Waals surface area (Å²) < 4.78 is 5.74. The van der Waals surface area contributed by atoms with Crippen molar-refractivity contribution in [2.75, 3.05) is 13.2 Å². The van der Waals surface area contributed by atoms with Crippen molar-refractivity contribution in [3.63, 3.8) is 0 Å². The summed E-state index contributed by atoms with van der Waals surface area (Å²) in [4.78, 5) is 25.1. The zero-order chi connectivity index (χ0) is 14.8. The Morgan fingerprint density at radius 2 is 2.14 bits per heavy atom. The first-order valence-electron chi connectivity index (χ1n) is 7.38. The molecule has 21 heavy (non-hydrogen) atoms. The molecule has 112 valence electrons. The summed E-state index contributed by atoms with van der Waals surface area (Å²) in [5.74, 6) is -1.03. The maximum absolute atomic E-state index is 12.4. The van der Waals surface area contributed by atoms with E-state index >= 15 is 0 Å². The second-order valence-corrected chi connectivity index (χ2v) is 5.60. The summed E-state index contributed by atoms with van der Waals surface area (Å²) in [5, 5.41) is 9.17. The molecule has 2 aliphatic heterocycles. The summed E-state index contributed by atoms with van der Waals surface area (Å²) in [7, 11) is 0. The van der Waals surface area contributed by atoms with Crippen LogP contribution in [0.2, 0.25) is 0 Å². The number of carboxylic acids is 1. The van der Waals surface area contributed by atoms with Gasteiger partial charge < -0.3 is 14.7 Å². The molecule has 1 aromatic carbocycles. The highest BCUT2D eigenvalue weighted by atomic mass is 16.5. The molecule has 1 fully saturated rings. The molecule has 1 N–H and O–H groups in total. The first-order valence-corrected chi connectivity index (χ1v) is 7.38. The highest BCUT2D eigenvalue weighted by Crippen LogP contribution is 2.31. The molecule has 0 unspecified atom stereocenters. The van der Waals surface area contributed by atoms with Crippen molar-refractivity contribution in [1.29, 1.82) is 0 Å². The van der Waals surface area contributed by atoms with E-state index in [1.54, 1.807) is 0 Å². The molecule has 1 aromatic rings. The predicted molar refractivity (Wildman–Crippen MR) is 75.8 cm³/mol. The molecule has 0 saturated carbocycles. The molecule has 5 heteroatoms. The van der Waals surface area contributed by atoms with Crippen molar-refractivity contribution in [2.45, 2.75) is 37.8 Å². The van der Waals surface area contributed by atoms with E-state index in [2.05, 4.69) is 6.07 Å². The van der Waals surface area contributed by atoms with Gasteiger partial charge in [0.2, 0.25) is 5.91 Å². The van der Waals surface area contributed by atoms with Gasteiger partial charge in [0.05, 0.1) is 19.1 Å². The average molecular weight is 289 g/mol. The zero-order valence-electron chi connectivity index (χ0n) is 11.8. The van der Waals surface area contributed by atoms with Crippen molar-refractivity contribution in [2.24, 2.45) is 0 Å². The molecule has 2 atom stereocenters. The van der Waals surface area contributed by atoms with Crippen molar-refractivity contribution in [3.8, 4) is 0 Å². The van der Waals surface area contributed by atoms with Crippen LogP contribution in [0.1, 0.15) is 36.5 Å². The fourth-order valence-electron chi connectivity index (χ4n) is 3.24. The second-order valence-electron chi connectivity index (χ2n) is 5.60. The van der Waals surface area contributed by atoms with Crippen LogP contribution in [0.25, 0.3) is 0 Å². The number of carbonyl (C=O) groups is 2. The van der Waals surface area contributed by atoms with Gasteiger partial charge in [-0.05, 0) is 30.4 Å². The molecule has 0 bridgehead atoms. The highest BCUT2D eigenvalue weighted by Gasteiger charge is 2.35. The van der Waals surface area contributed by atoms with Crippen LogP contribution in [-0.4, -0.2) is 41.1 Å². The van der Waals surface area contributed by atoms with E-state index in [-0.39, 0.29) is 18.4 Å². The van der Waals surface area contributed by atoms with Gasteiger partial charge in [0, 0.05) is 6.54 Å². The van der Waals surface area contributed by atoms with Crippen LogP contribution in [0.3, 0.4) is 0 Å². The number of hydrogen-bond donors (Lipinski definition) is 1. The van der Waals surface area contributed by atoms with Crippen molar-refractivity contribution >= 4 is 11.9 Å². The van der Waals surface area contributed by atoms with Gasteiger partial charge in [0.1, 0.15) is 6.04 Å². The third kappa shape index (κ3) is 2.78. The molecular formula is C16H19NO4. The Labute approximate surface area is 123 Å². The Hall–Kier alpha value is -1.88. The zero-order valence-corrected chi connectivity index (χ0v) is 11.8. The summed E-state index contributed by atoms with van der Waals surface area (Å²) in [6.45, 7) is 1.14. The lowest BCUT2D eigenvalue weighted by atomic mass is 9.95. The lowest BCUT2D eigenvalue weighted by Gasteiger charge is -2.28. The predicted octanol–water partition coefficient (Wildman–Crippen LogP) is 1.77. The van der Waals surface area contributed by atoms with Crippen LogP contribution in [-0.2, 0) is 20.7 Å². The normalized spacial score (nSPS) is 24.7. The van der Waals surface area contributed by atoms with Gasteiger partial charge in [-0.1, -0.05) is 24.3 Å². The number of hydrogen-bond acceptors (Lipinski definition) is 3. The molecule has 1 saturated heterocycles. The van der Waals surface area contributed by atoms with Gasteiger partial charge in [0.15, 0.2) is 0 Å². The third-order valence-electron chi connectivity index (χ3n) is 4.31. The van der Waals surface area contributed by atoms with Crippen LogP contribution >= 0.6 is 0 Å². The number of rotatable bonds is 3. The van der Waals surface area contributed by atoms with Gasteiger partial charge in [-0.15, -0.1) is 0 Å². The number of aliphatic carboxylic acids is 1. The van der Waals surface area contributed by atoms with E-state index in [0.29, 0.717) is 19.6 Å². The molecule has 3 rings (SSSR count). The summed E-state index contributed by atoms with van der Waals surface area (Å²) in [6, 6.07) is 7.32. The SMILES string of the molecule is O=C(O)[C@@H]1CCCN1C(=O)C[C@H]1OCCc2ccccc21. The Bertz CT molecular complexity index is 557. The third-order valence-corrected chi connectivity index (χ3v) is 4.31. The first-order chi connectivity index (χ1) is 10.2. The number of carbonyl (C=O) groups excluding carboxylic acids is 1. The topological polar surface area (TPSA) is 66.8 Å². The van der Waals surface area contributed by atoms with E-state index in [9.17, 15) is 14.7 Å². The molecule has 2 aliphatic rings. The fraction of sp³-hybridized carbons (Fsp3) is 0.500. The lowest BCUT2D eigenvalue weighted by molar-refractivity contribution is -0.149. The average Bonchev–Trinajstić information content (AvgIpc) is 2.97. The van der Waals surface area contributed by atoms with E-state index < -0.39 is 12.0 Å². The molecular weight excluding hydrogens is 270 g/mol. The number of likely N-dealkylation sites (tertiary alicyclic amines) is 1. The Balaban J connectivity index is 1.73. The number of amides is 1. The minimum Gasteiger partial charge on any atom is -0.480 e. The number of fused-ring (bicyclic) bond motifs is 1. The molecule has 0 spiro atoms. The fourth-order valence-corrected chi connectivity index (χ4v) is 3.24. The Morgan fingerprint density at radius 1 is 1.33 bits per heavy atom. The standard InChI is InChI=1S/C16H19NO4/c18-15(17-8-3-6-13(17)16(19)20)10-14-12-5-2-1-4-11(12)7-9-21-14/h1-2,4-5,13-14H,3,6-10H2,(H,19,20)/t13-,14+/m0/s1. The van der Waals surface area contributed by atoms with Gasteiger partial charge in [0.25, 0.3) is 0 Å². The highest BCUT2D eigenvalue weighted by molar-refractivity contribution is 5.84.